The number of carbonyl (C=O) groups is 1. The first kappa shape index (κ1) is 23.5. The van der Waals surface area contributed by atoms with Crippen LogP contribution in [0.15, 0.2) is 48.9 Å². The summed E-state index contributed by atoms with van der Waals surface area (Å²) < 4.78 is 0. The maximum absolute atomic E-state index is 13.2. The van der Waals surface area contributed by atoms with E-state index < -0.39 is 0 Å². The summed E-state index contributed by atoms with van der Waals surface area (Å²) in [5.41, 5.74) is 3.70. The Morgan fingerprint density at radius 1 is 1.27 bits per heavy atom. The van der Waals surface area contributed by atoms with Gasteiger partial charge in [-0.2, -0.15) is 0 Å². The van der Waals surface area contributed by atoms with Gasteiger partial charge in [-0.1, -0.05) is 30.7 Å². The van der Waals surface area contributed by atoms with Crippen molar-refractivity contribution in [3.8, 4) is 0 Å². The zero-order valence-corrected chi connectivity index (χ0v) is 19.8. The summed E-state index contributed by atoms with van der Waals surface area (Å²) in [4.78, 5) is 18.3. The van der Waals surface area contributed by atoms with Crippen LogP contribution in [0.3, 0.4) is 0 Å². The minimum atomic E-state index is 0.105. The predicted molar refractivity (Wildman–Crippen MR) is 132 cm³/mol. The van der Waals surface area contributed by atoms with Gasteiger partial charge in [-0.3, -0.25) is 14.7 Å². The van der Waals surface area contributed by atoms with Crippen molar-refractivity contribution < 1.29 is 4.79 Å². The number of hydrogen-bond acceptors (Lipinski definition) is 6. The predicted octanol–water partition coefficient (Wildman–Crippen LogP) is 4.23. The number of allylic oxidation sites excluding steroid dienone is 1. The number of nitrogens with one attached hydrogen (secondary N) is 1. The lowest BCUT2D eigenvalue weighted by Gasteiger charge is -2.47. The SMILES string of the molecule is CCCC(=O)NCCN1CCC[C@@H]1CN1C=C(Cc2ccc(Cl)cc2)c2ccncc2N1[O-]. The number of carbonyl (C=O) groups excluding carboxylic acids is 1. The van der Waals surface area contributed by atoms with E-state index in [0.717, 1.165) is 54.2 Å². The maximum Gasteiger partial charge on any atom is 0.220 e. The topological polar surface area (TPSA) is 74.8 Å². The van der Waals surface area contributed by atoms with Gasteiger partial charge >= 0.3 is 0 Å². The molecule has 2 aromatic rings. The molecule has 0 saturated carbocycles. The van der Waals surface area contributed by atoms with Crippen LogP contribution in [-0.4, -0.2) is 53.0 Å². The lowest BCUT2D eigenvalue weighted by Crippen LogP contribution is -2.47. The van der Waals surface area contributed by atoms with Crippen LogP contribution >= 0.6 is 11.6 Å². The minimum Gasteiger partial charge on any atom is -0.738 e. The highest BCUT2D eigenvalue weighted by atomic mass is 35.5. The Labute approximate surface area is 200 Å². The van der Waals surface area contributed by atoms with E-state index in [9.17, 15) is 10.0 Å². The van der Waals surface area contributed by atoms with Gasteiger partial charge in [0.15, 0.2) is 0 Å². The third-order valence-corrected chi connectivity index (χ3v) is 6.55. The summed E-state index contributed by atoms with van der Waals surface area (Å²) >= 11 is 6.05. The largest absolute Gasteiger partial charge is 0.738 e. The van der Waals surface area contributed by atoms with Gasteiger partial charge in [0.05, 0.1) is 18.4 Å². The highest BCUT2D eigenvalue weighted by Gasteiger charge is 2.28. The second kappa shape index (κ2) is 11.0. The fraction of sp³-hybridized carbons (Fsp3) is 0.440. The number of likely N-dealkylation sites (tertiary alicyclic amines) is 1. The molecule has 0 radical (unpaired) electrons. The van der Waals surface area contributed by atoms with Gasteiger partial charge in [-0.15, -0.1) is 0 Å². The van der Waals surface area contributed by atoms with Crippen molar-refractivity contribution >= 4 is 28.8 Å². The lowest BCUT2D eigenvalue weighted by molar-refractivity contribution is -0.121. The Hall–Kier alpha value is -2.61. The van der Waals surface area contributed by atoms with Gasteiger partial charge in [0, 0.05) is 48.5 Å². The maximum atomic E-state index is 13.2. The molecule has 2 aliphatic heterocycles. The molecule has 8 heteroatoms. The van der Waals surface area contributed by atoms with Crippen LogP contribution in [0.25, 0.3) is 5.57 Å². The summed E-state index contributed by atoms with van der Waals surface area (Å²) in [5, 5.41) is 19.6. The van der Waals surface area contributed by atoms with Gasteiger partial charge in [-0.05, 0) is 61.6 Å². The highest BCUT2D eigenvalue weighted by molar-refractivity contribution is 6.30. The number of pyridine rings is 1. The summed E-state index contributed by atoms with van der Waals surface area (Å²) in [6, 6.07) is 9.98. The van der Waals surface area contributed by atoms with E-state index in [0.29, 0.717) is 36.6 Å². The van der Waals surface area contributed by atoms with Crippen LogP contribution < -0.4 is 10.5 Å². The van der Waals surface area contributed by atoms with E-state index in [2.05, 4.69) is 15.2 Å². The molecule has 1 fully saturated rings. The van der Waals surface area contributed by atoms with Crippen molar-refractivity contribution in [2.24, 2.45) is 0 Å². The fourth-order valence-corrected chi connectivity index (χ4v) is 4.73. The highest BCUT2D eigenvalue weighted by Crippen LogP contribution is 2.35. The summed E-state index contributed by atoms with van der Waals surface area (Å²) in [7, 11) is 0. The van der Waals surface area contributed by atoms with Crippen LogP contribution in [0.5, 0.6) is 0 Å². The molecule has 4 rings (SSSR count). The third-order valence-electron chi connectivity index (χ3n) is 6.29. The lowest BCUT2D eigenvalue weighted by atomic mass is 9.97. The first-order chi connectivity index (χ1) is 16.0. The van der Waals surface area contributed by atoms with Crippen LogP contribution in [0.4, 0.5) is 5.69 Å². The molecule has 1 saturated heterocycles. The molecule has 2 aliphatic rings. The monoisotopic (exact) mass is 468 g/mol. The number of hydrazine groups is 1. The van der Waals surface area contributed by atoms with Crippen molar-refractivity contribution in [1.82, 2.24) is 20.2 Å². The molecule has 0 aliphatic carbocycles. The number of benzene rings is 1. The van der Waals surface area contributed by atoms with E-state index in [4.69, 9.17) is 11.6 Å². The van der Waals surface area contributed by atoms with Crippen molar-refractivity contribution in [1.29, 1.82) is 0 Å². The summed E-state index contributed by atoms with van der Waals surface area (Å²) in [6.45, 7) is 5.03. The van der Waals surface area contributed by atoms with E-state index >= 15 is 0 Å². The zero-order valence-electron chi connectivity index (χ0n) is 19.0. The quantitative estimate of drug-likeness (QED) is 0.593. The fourth-order valence-electron chi connectivity index (χ4n) is 4.61. The average Bonchev–Trinajstić information content (AvgIpc) is 3.25. The standard InChI is InChI=1S/C25H31ClN5O2/c1-2-4-25(32)28-12-14-29-13-3-5-22(29)18-30-17-20(15-19-6-8-21(26)9-7-19)23-10-11-27-16-24(23)31(30)33/h6-11,16-17,22H,2-5,12-15,18H2,1H3,(H,28,32)/q-1/t22-/m1/s1. The smallest absolute Gasteiger partial charge is 0.220 e. The molecule has 1 amide bonds. The van der Waals surface area contributed by atoms with Gasteiger partial charge in [0.1, 0.15) is 0 Å². The second-order valence-electron chi connectivity index (χ2n) is 8.68. The van der Waals surface area contributed by atoms with Gasteiger partial charge in [0.2, 0.25) is 5.91 Å². The summed E-state index contributed by atoms with van der Waals surface area (Å²) in [5.74, 6) is 0.105. The second-order valence-corrected chi connectivity index (χ2v) is 9.11. The first-order valence-corrected chi connectivity index (χ1v) is 12.1. The first-order valence-electron chi connectivity index (χ1n) is 11.7. The molecular weight excluding hydrogens is 438 g/mol. The van der Waals surface area contributed by atoms with Crippen LogP contribution in [-0.2, 0) is 11.2 Å². The number of aromatic nitrogens is 1. The Bertz CT molecular complexity index is 981. The molecule has 1 aromatic carbocycles. The van der Waals surface area contributed by atoms with Gasteiger partial charge < -0.3 is 20.7 Å². The van der Waals surface area contributed by atoms with E-state index in [1.807, 2.05) is 43.5 Å². The van der Waals surface area contributed by atoms with Crippen molar-refractivity contribution in [2.75, 3.05) is 31.4 Å². The number of nitrogens with zero attached hydrogens (tertiary/aromatic N) is 4. The van der Waals surface area contributed by atoms with Crippen LogP contribution in [0, 0.1) is 5.21 Å². The molecule has 0 spiro atoms. The molecule has 1 N–H and O–H groups in total. The normalized spacial score (nSPS) is 18.3. The molecule has 176 valence electrons. The third kappa shape index (κ3) is 5.85. The average molecular weight is 469 g/mol. The number of halogens is 1. The van der Waals surface area contributed by atoms with Crippen LogP contribution in [0.1, 0.15) is 43.7 Å². The molecular formula is C25H31ClN5O2-. The number of anilines is 1. The number of amides is 1. The number of hydrogen-bond donors (Lipinski definition) is 1. The summed E-state index contributed by atoms with van der Waals surface area (Å²) in [6.07, 6.45) is 9.60. The Balaban J connectivity index is 1.47. The van der Waals surface area contributed by atoms with Gasteiger partial charge in [-0.25, -0.2) is 0 Å². The molecule has 1 atom stereocenters. The number of fused-ring (bicyclic) bond motifs is 1. The van der Waals surface area contributed by atoms with Crippen LogP contribution in [0.2, 0.25) is 5.02 Å². The molecule has 0 bridgehead atoms. The van der Waals surface area contributed by atoms with Crippen molar-refractivity contribution in [2.45, 2.75) is 45.1 Å². The molecule has 3 heterocycles. The van der Waals surface area contributed by atoms with Gasteiger partial charge in [0.25, 0.3) is 0 Å². The van der Waals surface area contributed by atoms with E-state index in [-0.39, 0.29) is 11.9 Å². The van der Waals surface area contributed by atoms with E-state index in [1.165, 1.54) is 0 Å². The minimum absolute atomic E-state index is 0.105. The van der Waals surface area contributed by atoms with Crippen molar-refractivity contribution in [3.63, 3.8) is 0 Å². The Morgan fingerprint density at radius 2 is 2.09 bits per heavy atom. The molecule has 0 unspecified atom stereocenters. The van der Waals surface area contributed by atoms with Crippen molar-refractivity contribution in [3.05, 3.63) is 70.3 Å². The molecule has 33 heavy (non-hydrogen) atoms. The zero-order chi connectivity index (χ0) is 23.2. The molecule has 7 nitrogen and oxygen atoms in total. The Morgan fingerprint density at radius 3 is 2.88 bits per heavy atom. The Kier molecular flexibility index (Phi) is 7.85. The van der Waals surface area contributed by atoms with E-state index in [1.54, 1.807) is 17.4 Å². The molecule has 1 aromatic heterocycles. The number of rotatable bonds is 9.